The van der Waals surface area contributed by atoms with Gasteiger partial charge in [-0.1, -0.05) is 95.4 Å². The molecule has 1 unspecified atom stereocenters. The average Bonchev–Trinajstić information content (AvgIpc) is 3.56. The standard InChI is InChI=1S/C28H24Cl3N3O4S/c1-3-27(14-20-22(35)21(25(36)37-4-2)15-32-24(20)39-27)13-16-9-11-17(12-10-16)18-7-5-6-8-19(18)23-33-26(38-34-23)28(29,30)31/h5-12,15H,3-4,13-14H2,1-2H3,(H,32,35). The highest BCUT2D eigenvalue weighted by molar-refractivity contribution is 8.01. The zero-order chi connectivity index (χ0) is 27.8. The lowest BCUT2D eigenvalue weighted by molar-refractivity contribution is 0.0524. The van der Waals surface area contributed by atoms with Gasteiger partial charge >= 0.3 is 5.97 Å². The first-order chi connectivity index (χ1) is 18.6. The highest BCUT2D eigenvalue weighted by Crippen LogP contribution is 2.47. The third-order valence-electron chi connectivity index (χ3n) is 6.73. The van der Waals surface area contributed by atoms with Crippen molar-refractivity contribution in [3.63, 3.8) is 0 Å². The number of aromatic nitrogens is 3. The van der Waals surface area contributed by atoms with Gasteiger partial charge in [0.15, 0.2) is 5.43 Å². The maximum absolute atomic E-state index is 13.1. The molecule has 1 aliphatic rings. The second-order valence-electron chi connectivity index (χ2n) is 9.22. The molecule has 3 heterocycles. The molecule has 0 radical (unpaired) electrons. The first-order valence-corrected chi connectivity index (χ1v) is 14.3. The number of fused-ring (bicyclic) bond motifs is 1. The normalized spacial score (nSPS) is 16.7. The average molecular weight is 605 g/mol. The molecule has 4 aromatic rings. The Balaban J connectivity index is 1.39. The molecule has 0 amide bonds. The van der Waals surface area contributed by atoms with Gasteiger partial charge in [0.25, 0.3) is 9.68 Å². The zero-order valence-electron chi connectivity index (χ0n) is 21.1. The van der Waals surface area contributed by atoms with Crippen LogP contribution in [0.2, 0.25) is 0 Å². The molecule has 7 nitrogen and oxygen atoms in total. The lowest BCUT2D eigenvalue weighted by Gasteiger charge is -2.26. The van der Waals surface area contributed by atoms with Gasteiger partial charge in [-0.05, 0) is 42.9 Å². The van der Waals surface area contributed by atoms with Crippen molar-refractivity contribution in [2.45, 2.75) is 46.7 Å². The number of nitrogens with zero attached hydrogens (tertiary/aromatic N) is 2. The second kappa shape index (κ2) is 11.0. The van der Waals surface area contributed by atoms with Gasteiger partial charge in [0, 0.05) is 22.1 Å². The molecule has 2 aromatic heterocycles. The molecule has 0 aliphatic carbocycles. The quantitative estimate of drug-likeness (QED) is 0.177. The van der Waals surface area contributed by atoms with Crippen molar-refractivity contribution in [1.29, 1.82) is 0 Å². The molecule has 0 spiro atoms. The van der Waals surface area contributed by atoms with Crippen LogP contribution in [0.5, 0.6) is 0 Å². The Bertz CT molecular complexity index is 1580. The van der Waals surface area contributed by atoms with Crippen LogP contribution in [0.15, 0.2) is 69.1 Å². The molecular weight excluding hydrogens is 581 g/mol. The van der Waals surface area contributed by atoms with Crippen LogP contribution >= 0.6 is 46.6 Å². The van der Waals surface area contributed by atoms with Gasteiger partial charge in [0.05, 0.1) is 11.6 Å². The summed E-state index contributed by atoms with van der Waals surface area (Å²) in [4.78, 5) is 32.7. The number of carbonyl (C=O) groups is 1. The predicted octanol–water partition coefficient (Wildman–Crippen LogP) is 7.14. The number of benzene rings is 2. The molecule has 0 bridgehead atoms. The fourth-order valence-corrected chi connectivity index (χ4v) is 6.38. The largest absolute Gasteiger partial charge is 0.462 e. The number of H-pyrrole nitrogens is 1. The van der Waals surface area contributed by atoms with Crippen LogP contribution in [0.3, 0.4) is 0 Å². The van der Waals surface area contributed by atoms with E-state index in [4.69, 9.17) is 44.1 Å². The minimum Gasteiger partial charge on any atom is -0.462 e. The van der Waals surface area contributed by atoms with Crippen LogP contribution in [-0.2, 0) is 21.4 Å². The van der Waals surface area contributed by atoms with Gasteiger partial charge < -0.3 is 14.2 Å². The van der Waals surface area contributed by atoms with E-state index in [0.29, 0.717) is 17.8 Å². The number of hydrogen-bond donors (Lipinski definition) is 1. The van der Waals surface area contributed by atoms with Crippen LogP contribution in [0, 0.1) is 0 Å². The van der Waals surface area contributed by atoms with Crippen LogP contribution in [0.4, 0.5) is 0 Å². The third kappa shape index (κ3) is 5.61. The van der Waals surface area contributed by atoms with Crippen LogP contribution in [-0.4, -0.2) is 32.4 Å². The Hall–Kier alpha value is -2.78. The molecule has 5 rings (SSSR count). The topological polar surface area (TPSA) is 98.1 Å². The van der Waals surface area contributed by atoms with Gasteiger partial charge in [-0.25, -0.2) is 4.79 Å². The number of ether oxygens (including phenoxy) is 1. The van der Waals surface area contributed by atoms with Crippen molar-refractivity contribution in [3.05, 3.63) is 87.5 Å². The number of hydrogen-bond acceptors (Lipinski definition) is 7. The van der Waals surface area contributed by atoms with Crippen LogP contribution in [0.1, 0.15) is 47.6 Å². The van der Waals surface area contributed by atoms with Crippen molar-refractivity contribution >= 4 is 52.5 Å². The molecule has 0 saturated carbocycles. The van der Waals surface area contributed by atoms with E-state index in [9.17, 15) is 9.59 Å². The number of halogens is 3. The molecule has 1 N–H and O–H groups in total. The molecule has 39 heavy (non-hydrogen) atoms. The molecule has 1 aliphatic heterocycles. The summed E-state index contributed by atoms with van der Waals surface area (Å²) in [6.07, 6.45) is 3.64. The summed E-state index contributed by atoms with van der Waals surface area (Å²) < 4.78 is 8.18. The number of thioether (sulfide) groups is 1. The summed E-state index contributed by atoms with van der Waals surface area (Å²) in [6.45, 7) is 4.06. The summed E-state index contributed by atoms with van der Waals surface area (Å²) >= 11 is 19.3. The molecular formula is C28H24Cl3N3O4S. The summed E-state index contributed by atoms with van der Waals surface area (Å²) in [5.41, 5.74) is 4.20. The van der Waals surface area contributed by atoms with E-state index >= 15 is 0 Å². The van der Waals surface area contributed by atoms with E-state index in [-0.39, 0.29) is 28.2 Å². The molecule has 0 saturated heterocycles. The number of carbonyl (C=O) groups excluding carboxylic acids is 1. The number of rotatable bonds is 7. The van der Waals surface area contributed by atoms with E-state index in [2.05, 4.69) is 34.2 Å². The Morgan fingerprint density at radius 2 is 1.85 bits per heavy atom. The second-order valence-corrected chi connectivity index (χ2v) is 13.0. The molecule has 1 atom stereocenters. The number of alkyl halides is 3. The SMILES string of the molecule is CCOC(=O)c1c[nH]c2c(c1=O)CC(CC)(Cc1ccc(-c3ccccc3-c3noc(C(Cl)(Cl)Cl)n3)cc1)S2. The van der Waals surface area contributed by atoms with Gasteiger partial charge in [0.1, 0.15) is 5.56 Å². The number of pyridine rings is 1. The lowest BCUT2D eigenvalue weighted by Crippen LogP contribution is -2.28. The minimum atomic E-state index is -1.81. The Kier molecular flexibility index (Phi) is 7.84. The third-order valence-corrected chi connectivity index (χ3v) is 8.79. The van der Waals surface area contributed by atoms with Crippen LogP contribution < -0.4 is 5.43 Å². The lowest BCUT2D eigenvalue weighted by atomic mass is 9.89. The van der Waals surface area contributed by atoms with Gasteiger partial charge in [-0.15, -0.1) is 11.8 Å². The summed E-state index contributed by atoms with van der Waals surface area (Å²) in [7, 11) is 0. The minimum absolute atomic E-state index is 0.0497. The highest BCUT2D eigenvalue weighted by Gasteiger charge is 2.39. The zero-order valence-corrected chi connectivity index (χ0v) is 24.2. The molecule has 202 valence electrons. The Morgan fingerprint density at radius 1 is 1.13 bits per heavy atom. The van der Waals surface area contributed by atoms with E-state index < -0.39 is 9.76 Å². The highest BCUT2D eigenvalue weighted by atomic mass is 35.6. The summed E-state index contributed by atoms with van der Waals surface area (Å²) in [5.74, 6) is -0.367. The fraction of sp³-hybridized carbons (Fsp3) is 0.286. The Labute approximate surface area is 244 Å². The van der Waals surface area contributed by atoms with Crippen molar-refractivity contribution in [1.82, 2.24) is 15.1 Å². The van der Waals surface area contributed by atoms with Crippen molar-refractivity contribution in [2.24, 2.45) is 0 Å². The first-order valence-electron chi connectivity index (χ1n) is 12.3. The number of aromatic amines is 1. The van der Waals surface area contributed by atoms with E-state index in [1.54, 1.807) is 18.7 Å². The maximum Gasteiger partial charge on any atom is 0.343 e. The Morgan fingerprint density at radius 3 is 2.49 bits per heavy atom. The van der Waals surface area contributed by atoms with Gasteiger partial charge in [-0.3, -0.25) is 4.79 Å². The van der Waals surface area contributed by atoms with Gasteiger partial charge in [-0.2, -0.15) is 4.98 Å². The molecule has 2 aromatic carbocycles. The van der Waals surface area contributed by atoms with E-state index in [1.807, 2.05) is 36.4 Å². The van der Waals surface area contributed by atoms with Crippen LogP contribution in [0.25, 0.3) is 22.5 Å². The number of nitrogens with one attached hydrogen (secondary N) is 1. The predicted molar refractivity (Wildman–Crippen MR) is 154 cm³/mol. The monoisotopic (exact) mass is 603 g/mol. The van der Waals surface area contributed by atoms with Gasteiger partial charge in [0.2, 0.25) is 5.82 Å². The fourth-order valence-electron chi connectivity index (χ4n) is 4.72. The smallest absolute Gasteiger partial charge is 0.343 e. The summed E-state index contributed by atoms with van der Waals surface area (Å²) in [5, 5.41) is 4.81. The molecule has 0 fully saturated rings. The first kappa shape index (κ1) is 27.8. The maximum atomic E-state index is 13.1. The van der Waals surface area contributed by atoms with Crippen molar-refractivity contribution < 1.29 is 14.1 Å². The summed E-state index contributed by atoms with van der Waals surface area (Å²) in [6, 6.07) is 15.9. The van der Waals surface area contributed by atoms with Crippen molar-refractivity contribution in [3.8, 4) is 22.5 Å². The van der Waals surface area contributed by atoms with E-state index in [1.165, 1.54) is 6.20 Å². The molecule has 11 heteroatoms. The number of esters is 1. The van der Waals surface area contributed by atoms with Crippen molar-refractivity contribution in [2.75, 3.05) is 6.61 Å². The van der Waals surface area contributed by atoms with E-state index in [0.717, 1.165) is 40.1 Å².